The minimum atomic E-state index is -0.655. The average Bonchev–Trinajstić information content (AvgIpc) is 2.94. The molecular weight excluding hydrogens is 324 g/mol. The summed E-state index contributed by atoms with van der Waals surface area (Å²) in [6, 6.07) is 14.9. The Morgan fingerprint density at radius 2 is 1.72 bits per heavy atom. The molecule has 1 saturated heterocycles. The summed E-state index contributed by atoms with van der Waals surface area (Å²) in [4.78, 5) is 37.7. The molecule has 1 N–H and O–H groups in total. The third kappa shape index (κ3) is 3.51. The number of carbonyl (C=O) groups is 3. The fourth-order valence-corrected chi connectivity index (χ4v) is 2.47. The van der Waals surface area contributed by atoms with Crippen molar-refractivity contribution in [2.75, 3.05) is 18.2 Å². The van der Waals surface area contributed by atoms with Crippen LogP contribution >= 0.6 is 0 Å². The lowest BCUT2D eigenvalue weighted by atomic mass is 10.2. The van der Waals surface area contributed by atoms with E-state index in [0.29, 0.717) is 11.3 Å². The van der Waals surface area contributed by atoms with Crippen LogP contribution in [0.15, 0.2) is 54.6 Å². The molecule has 1 aliphatic rings. The molecule has 2 aromatic carbocycles. The van der Waals surface area contributed by atoms with Crippen LogP contribution in [-0.2, 0) is 16.1 Å². The lowest BCUT2D eigenvalue weighted by Crippen LogP contribution is -2.33. The van der Waals surface area contributed by atoms with Crippen molar-refractivity contribution < 1.29 is 24.2 Å². The van der Waals surface area contributed by atoms with Gasteiger partial charge in [0.05, 0.1) is 5.56 Å². The molecule has 0 radical (unpaired) electrons. The van der Waals surface area contributed by atoms with Gasteiger partial charge in [-0.2, -0.15) is 0 Å². The predicted octanol–water partition coefficient (Wildman–Crippen LogP) is 1.76. The summed E-state index contributed by atoms with van der Waals surface area (Å²) in [5.74, 6) is -0.949. The zero-order valence-corrected chi connectivity index (χ0v) is 13.3. The van der Waals surface area contributed by atoms with E-state index in [0.717, 1.165) is 10.5 Å². The van der Waals surface area contributed by atoms with Crippen LogP contribution < -0.4 is 4.90 Å². The van der Waals surface area contributed by atoms with Crippen molar-refractivity contribution in [3.8, 4) is 0 Å². The standard InChI is InChI=1S/C18H16N2O5/c21-12-20-16(22)10-19(18(20)24)15-8-6-14(7-9-15)17(23)25-11-13-4-2-1-3-5-13/h1-9,21H,10-12H2. The number of carbonyl (C=O) groups excluding carboxylic acids is 3. The van der Waals surface area contributed by atoms with Gasteiger partial charge in [0.2, 0.25) is 0 Å². The SMILES string of the molecule is O=C(OCc1ccccc1)c1ccc(N2CC(=O)N(CO)C2=O)cc1. The number of imide groups is 1. The van der Waals surface area contributed by atoms with Crippen LogP contribution in [0.1, 0.15) is 15.9 Å². The van der Waals surface area contributed by atoms with Crippen LogP contribution in [-0.4, -0.2) is 41.2 Å². The minimum absolute atomic E-state index is 0.142. The van der Waals surface area contributed by atoms with Crippen LogP contribution in [0.2, 0.25) is 0 Å². The van der Waals surface area contributed by atoms with Gasteiger partial charge < -0.3 is 9.84 Å². The average molecular weight is 340 g/mol. The van der Waals surface area contributed by atoms with Gasteiger partial charge in [0.15, 0.2) is 0 Å². The molecule has 0 spiro atoms. The smallest absolute Gasteiger partial charge is 0.338 e. The Bertz CT molecular complexity index is 789. The summed E-state index contributed by atoms with van der Waals surface area (Å²) in [6.07, 6.45) is 0. The number of esters is 1. The second kappa shape index (κ2) is 7.14. The maximum absolute atomic E-state index is 12.1. The lowest BCUT2D eigenvalue weighted by molar-refractivity contribution is -0.127. The van der Waals surface area contributed by atoms with Gasteiger partial charge in [-0.1, -0.05) is 30.3 Å². The molecule has 7 heteroatoms. The number of hydrogen-bond acceptors (Lipinski definition) is 5. The van der Waals surface area contributed by atoms with Crippen LogP contribution in [0.4, 0.5) is 10.5 Å². The van der Waals surface area contributed by atoms with E-state index in [1.165, 1.54) is 17.0 Å². The number of amides is 3. The first-order valence-corrected chi connectivity index (χ1v) is 7.64. The first-order valence-electron chi connectivity index (χ1n) is 7.64. The van der Waals surface area contributed by atoms with E-state index in [1.807, 2.05) is 30.3 Å². The van der Waals surface area contributed by atoms with E-state index >= 15 is 0 Å². The summed E-state index contributed by atoms with van der Waals surface area (Å²) >= 11 is 0. The van der Waals surface area contributed by atoms with E-state index in [2.05, 4.69) is 0 Å². The van der Waals surface area contributed by atoms with E-state index in [9.17, 15) is 14.4 Å². The lowest BCUT2D eigenvalue weighted by Gasteiger charge is -2.15. The Balaban J connectivity index is 1.65. The highest BCUT2D eigenvalue weighted by Gasteiger charge is 2.36. The zero-order chi connectivity index (χ0) is 17.8. The van der Waals surface area contributed by atoms with E-state index in [4.69, 9.17) is 9.84 Å². The molecule has 0 saturated carbocycles. The molecule has 3 amide bonds. The number of anilines is 1. The van der Waals surface area contributed by atoms with E-state index in [1.54, 1.807) is 12.1 Å². The number of hydrogen-bond donors (Lipinski definition) is 1. The highest BCUT2D eigenvalue weighted by atomic mass is 16.5. The number of nitrogens with zero attached hydrogens (tertiary/aromatic N) is 2. The third-order valence-electron chi connectivity index (χ3n) is 3.83. The van der Waals surface area contributed by atoms with E-state index in [-0.39, 0.29) is 13.2 Å². The van der Waals surface area contributed by atoms with Gasteiger partial charge in [-0.05, 0) is 29.8 Å². The second-order valence-electron chi connectivity index (χ2n) is 5.44. The fraction of sp³-hybridized carbons (Fsp3) is 0.167. The maximum Gasteiger partial charge on any atom is 0.338 e. The van der Waals surface area contributed by atoms with Crippen molar-refractivity contribution >= 4 is 23.6 Å². The molecule has 1 fully saturated rings. The zero-order valence-electron chi connectivity index (χ0n) is 13.3. The van der Waals surface area contributed by atoms with Crippen LogP contribution in [0.3, 0.4) is 0 Å². The largest absolute Gasteiger partial charge is 0.457 e. The van der Waals surface area contributed by atoms with Crippen molar-refractivity contribution in [1.82, 2.24) is 4.90 Å². The fourth-order valence-electron chi connectivity index (χ4n) is 2.47. The van der Waals surface area contributed by atoms with Crippen molar-refractivity contribution in [1.29, 1.82) is 0 Å². The minimum Gasteiger partial charge on any atom is -0.457 e. The number of aliphatic hydroxyl groups excluding tert-OH is 1. The molecule has 1 heterocycles. The summed E-state index contributed by atoms with van der Waals surface area (Å²) < 4.78 is 5.24. The number of ether oxygens (including phenoxy) is 1. The molecule has 3 rings (SSSR count). The number of aliphatic hydroxyl groups is 1. The van der Waals surface area contributed by atoms with Gasteiger partial charge in [-0.15, -0.1) is 0 Å². The number of benzene rings is 2. The van der Waals surface area contributed by atoms with Gasteiger partial charge in [-0.25, -0.2) is 14.5 Å². The molecular formula is C18H16N2O5. The van der Waals surface area contributed by atoms with Crippen molar-refractivity contribution in [3.05, 3.63) is 65.7 Å². The highest BCUT2D eigenvalue weighted by molar-refractivity contribution is 6.12. The van der Waals surface area contributed by atoms with Gasteiger partial charge in [-0.3, -0.25) is 9.69 Å². The van der Waals surface area contributed by atoms with Crippen molar-refractivity contribution in [3.63, 3.8) is 0 Å². The third-order valence-corrected chi connectivity index (χ3v) is 3.83. The summed E-state index contributed by atoms with van der Waals surface area (Å²) in [7, 11) is 0. The summed E-state index contributed by atoms with van der Waals surface area (Å²) in [5.41, 5.74) is 1.70. The monoisotopic (exact) mass is 340 g/mol. The van der Waals surface area contributed by atoms with Crippen molar-refractivity contribution in [2.45, 2.75) is 6.61 Å². The van der Waals surface area contributed by atoms with E-state index < -0.39 is 24.6 Å². The molecule has 0 unspecified atom stereocenters. The second-order valence-corrected chi connectivity index (χ2v) is 5.44. The van der Waals surface area contributed by atoms with Crippen molar-refractivity contribution in [2.24, 2.45) is 0 Å². The van der Waals surface area contributed by atoms with Gasteiger partial charge in [0, 0.05) is 5.69 Å². The predicted molar refractivity (Wildman–Crippen MR) is 88.7 cm³/mol. The van der Waals surface area contributed by atoms with Crippen LogP contribution in [0.25, 0.3) is 0 Å². The molecule has 7 nitrogen and oxygen atoms in total. The molecule has 0 atom stereocenters. The Kier molecular flexibility index (Phi) is 4.76. The molecule has 128 valence electrons. The topological polar surface area (TPSA) is 87.2 Å². The highest BCUT2D eigenvalue weighted by Crippen LogP contribution is 2.21. The van der Waals surface area contributed by atoms with Gasteiger partial charge in [0.1, 0.15) is 19.9 Å². The Morgan fingerprint density at radius 1 is 1.04 bits per heavy atom. The van der Waals surface area contributed by atoms with Gasteiger partial charge in [0.25, 0.3) is 5.91 Å². The quantitative estimate of drug-likeness (QED) is 0.662. The Hall–Kier alpha value is -3.19. The molecule has 2 aromatic rings. The first kappa shape index (κ1) is 16.7. The molecule has 1 aliphatic heterocycles. The summed E-state index contributed by atoms with van der Waals surface area (Å²) in [6.45, 7) is -0.624. The Morgan fingerprint density at radius 3 is 2.32 bits per heavy atom. The summed E-state index contributed by atoms with van der Waals surface area (Å²) in [5, 5.41) is 9.04. The molecule has 25 heavy (non-hydrogen) atoms. The first-order chi connectivity index (χ1) is 12.1. The normalized spacial score (nSPS) is 14.1. The van der Waals surface area contributed by atoms with Crippen LogP contribution in [0.5, 0.6) is 0 Å². The molecule has 0 aliphatic carbocycles. The Labute approximate surface area is 144 Å². The molecule has 0 bridgehead atoms. The number of urea groups is 1. The van der Waals surface area contributed by atoms with Gasteiger partial charge >= 0.3 is 12.0 Å². The molecule has 0 aromatic heterocycles. The maximum atomic E-state index is 12.1. The van der Waals surface area contributed by atoms with Crippen LogP contribution in [0, 0.1) is 0 Å². The number of rotatable bonds is 5.